The molecule has 0 radical (unpaired) electrons. The molecule has 1 fully saturated rings. The number of likely N-dealkylation sites (N-methyl/N-ethyl adjacent to an activating group) is 1. The maximum Gasteiger partial charge on any atom is 0.191 e. The van der Waals surface area contributed by atoms with Crippen LogP contribution in [0.25, 0.3) is 0 Å². The van der Waals surface area contributed by atoms with Crippen molar-refractivity contribution in [3.63, 3.8) is 0 Å². The van der Waals surface area contributed by atoms with E-state index in [0.717, 1.165) is 32.1 Å². The zero-order valence-corrected chi connectivity index (χ0v) is 16.9. The molecule has 1 aromatic carbocycles. The van der Waals surface area contributed by atoms with Crippen molar-refractivity contribution in [2.24, 2.45) is 4.99 Å². The minimum atomic E-state index is 0.356. The number of likely N-dealkylation sites (tertiary alicyclic amines) is 1. The molecule has 2 rings (SSSR count). The van der Waals surface area contributed by atoms with E-state index in [1.54, 1.807) is 0 Å². The first-order valence-electron chi connectivity index (χ1n) is 10.2. The highest BCUT2D eigenvalue weighted by atomic mass is 15.2. The minimum Gasteiger partial charge on any atom is -0.356 e. The highest BCUT2D eigenvalue weighted by Crippen LogP contribution is 2.19. The van der Waals surface area contributed by atoms with Gasteiger partial charge in [0.25, 0.3) is 0 Å². The van der Waals surface area contributed by atoms with E-state index in [0.29, 0.717) is 6.04 Å². The lowest BCUT2D eigenvalue weighted by Crippen LogP contribution is -2.43. The summed E-state index contributed by atoms with van der Waals surface area (Å²) in [6, 6.07) is 11.1. The van der Waals surface area contributed by atoms with Gasteiger partial charge in [-0.05, 0) is 57.5 Å². The fraction of sp³-hybridized carbons (Fsp3) is 0.667. The summed E-state index contributed by atoms with van der Waals surface area (Å²) in [7, 11) is 1.85. The molecule has 0 spiro atoms. The van der Waals surface area contributed by atoms with Crippen LogP contribution in [0.4, 0.5) is 0 Å². The Morgan fingerprint density at radius 3 is 2.42 bits per heavy atom. The Hall–Kier alpha value is -1.59. The minimum absolute atomic E-state index is 0.356. The molecule has 1 unspecified atom stereocenters. The number of benzene rings is 1. The molecule has 0 aliphatic carbocycles. The van der Waals surface area contributed by atoms with Crippen LogP contribution in [-0.4, -0.2) is 68.6 Å². The van der Waals surface area contributed by atoms with Crippen LogP contribution in [0.5, 0.6) is 0 Å². The molecule has 1 heterocycles. The Morgan fingerprint density at radius 2 is 1.81 bits per heavy atom. The monoisotopic (exact) mass is 359 g/mol. The average Bonchev–Trinajstić information content (AvgIpc) is 3.20. The maximum absolute atomic E-state index is 4.40. The van der Waals surface area contributed by atoms with Gasteiger partial charge in [-0.25, -0.2) is 0 Å². The van der Waals surface area contributed by atoms with Gasteiger partial charge in [0.2, 0.25) is 0 Å². The molecule has 5 nitrogen and oxygen atoms in total. The molecule has 5 heteroatoms. The third-order valence-corrected chi connectivity index (χ3v) is 5.27. The van der Waals surface area contributed by atoms with E-state index in [1.165, 1.54) is 44.5 Å². The summed E-state index contributed by atoms with van der Waals surface area (Å²) in [4.78, 5) is 9.44. The summed E-state index contributed by atoms with van der Waals surface area (Å²) in [6.45, 7) is 12.1. The van der Waals surface area contributed by atoms with Crippen LogP contribution in [0.15, 0.2) is 35.3 Å². The van der Waals surface area contributed by atoms with Crippen LogP contribution in [0.2, 0.25) is 0 Å². The molecule has 1 saturated heterocycles. The summed E-state index contributed by atoms with van der Waals surface area (Å²) in [6.07, 6.45) is 3.89. The summed E-state index contributed by atoms with van der Waals surface area (Å²) in [5.41, 5.74) is 1.35. The fourth-order valence-electron chi connectivity index (χ4n) is 3.73. The quantitative estimate of drug-likeness (QED) is 0.383. The van der Waals surface area contributed by atoms with Crippen LogP contribution in [-0.2, 0) is 0 Å². The van der Waals surface area contributed by atoms with Crippen molar-refractivity contribution in [1.29, 1.82) is 0 Å². The SMILES string of the molecule is CCN(CC)C(CNC(=NC)NCCCN1CCCC1)c1ccccc1. The lowest BCUT2D eigenvalue weighted by molar-refractivity contribution is 0.219. The topological polar surface area (TPSA) is 42.9 Å². The van der Waals surface area contributed by atoms with E-state index < -0.39 is 0 Å². The van der Waals surface area contributed by atoms with Crippen LogP contribution in [0.1, 0.15) is 44.7 Å². The van der Waals surface area contributed by atoms with Crippen molar-refractivity contribution in [2.75, 3.05) is 52.9 Å². The molecule has 0 amide bonds. The molecular formula is C21H37N5. The highest BCUT2D eigenvalue weighted by Gasteiger charge is 2.18. The number of guanidine groups is 1. The van der Waals surface area contributed by atoms with Crippen molar-refractivity contribution >= 4 is 5.96 Å². The summed E-state index contributed by atoms with van der Waals surface area (Å²) < 4.78 is 0. The Kier molecular flexibility index (Phi) is 9.50. The zero-order chi connectivity index (χ0) is 18.6. The van der Waals surface area contributed by atoms with E-state index >= 15 is 0 Å². The van der Waals surface area contributed by atoms with Gasteiger partial charge < -0.3 is 15.5 Å². The van der Waals surface area contributed by atoms with Gasteiger partial charge in [0, 0.05) is 20.1 Å². The van der Waals surface area contributed by atoms with Crippen molar-refractivity contribution in [3.05, 3.63) is 35.9 Å². The lowest BCUT2D eigenvalue weighted by Gasteiger charge is -2.30. The van der Waals surface area contributed by atoms with Gasteiger partial charge in [0.1, 0.15) is 0 Å². The number of nitrogens with zero attached hydrogens (tertiary/aromatic N) is 3. The molecule has 1 aliphatic rings. The molecule has 0 saturated carbocycles. The molecule has 26 heavy (non-hydrogen) atoms. The number of hydrogen-bond acceptors (Lipinski definition) is 3. The molecule has 2 N–H and O–H groups in total. The number of nitrogens with one attached hydrogen (secondary N) is 2. The standard InChI is InChI=1S/C21H37N5/c1-4-26(5-2)20(19-12-7-6-8-13-19)18-24-21(22-3)23-14-11-17-25-15-9-10-16-25/h6-8,12-13,20H,4-5,9-11,14-18H2,1-3H3,(H2,22,23,24). The number of rotatable bonds is 10. The van der Waals surface area contributed by atoms with Crippen molar-refractivity contribution in [1.82, 2.24) is 20.4 Å². The molecular weight excluding hydrogens is 322 g/mol. The first-order valence-corrected chi connectivity index (χ1v) is 10.2. The Balaban J connectivity index is 1.81. The molecule has 1 aliphatic heterocycles. The van der Waals surface area contributed by atoms with Gasteiger partial charge in [-0.3, -0.25) is 9.89 Å². The zero-order valence-electron chi connectivity index (χ0n) is 16.9. The third-order valence-electron chi connectivity index (χ3n) is 5.27. The van der Waals surface area contributed by atoms with Crippen molar-refractivity contribution in [2.45, 2.75) is 39.2 Å². The van der Waals surface area contributed by atoms with E-state index in [4.69, 9.17) is 0 Å². The van der Waals surface area contributed by atoms with Gasteiger partial charge in [-0.15, -0.1) is 0 Å². The van der Waals surface area contributed by atoms with E-state index in [2.05, 4.69) is 69.6 Å². The summed E-state index contributed by atoms with van der Waals surface area (Å²) >= 11 is 0. The largest absolute Gasteiger partial charge is 0.356 e. The van der Waals surface area contributed by atoms with Gasteiger partial charge in [-0.1, -0.05) is 44.2 Å². The Morgan fingerprint density at radius 1 is 1.12 bits per heavy atom. The normalized spacial score (nSPS) is 16.8. The van der Waals surface area contributed by atoms with Crippen LogP contribution in [0, 0.1) is 0 Å². The number of aliphatic imine (C=N–C) groups is 1. The van der Waals surface area contributed by atoms with E-state index in [-0.39, 0.29) is 0 Å². The molecule has 1 aromatic rings. The third kappa shape index (κ3) is 6.61. The van der Waals surface area contributed by atoms with Gasteiger partial charge in [0.05, 0.1) is 6.04 Å². The first-order chi connectivity index (χ1) is 12.8. The predicted molar refractivity (Wildman–Crippen MR) is 112 cm³/mol. The highest BCUT2D eigenvalue weighted by molar-refractivity contribution is 5.79. The average molecular weight is 360 g/mol. The second-order valence-corrected chi connectivity index (χ2v) is 6.93. The molecule has 0 bridgehead atoms. The Bertz CT molecular complexity index is 506. The summed E-state index contributed by atoms with van der Waals surface area (Å²) in [5, 5.41) is 7.00. The molecule has 0 aromatic heterocycles. The Labute approximate surface area is 159 Å². The van der Waals surface area contributed by atoms with Gasteiger partial charge in [0.15, 0.2) is 5.96 Å². The van der Waals surface area contributed by atoms with Gasteiger partial charge >= 0.3 is 0 Å². The van der Waals surface area contributed by atoms with Crippen LogP contribution in [0.3, 0.4) is 0 Å². The van der Waals surface area contributed by atoms with E-state index in [9.17, 15) is 0 Å². The van der Waals surface area contributed by atoms with Crippen LogP contribution >= 0.6 is 0 Å². The predicted octanol–water partition coefficient (Wildman–Crippen LogP) is 2.72. The molecule has 1 atom stereocenters. The lowest BCUT2D eigenvalue weighted by atomic mass is 10.1. The molecule has 146 valence electrons. The smallest absolute Gasteiger partial charge is 0.191 e. The van der Waals surface area contributed by atoms with Crippen molar-refractivity contribution in [3.8, 4) is 0 Å². The van der Waals surface area contributed by atoms with Gasteiger partial charge in [-0.2, -0.15) is 0 Å². The van der Waals surface area contributed by atoms with E-state index in [1.807, 2.05) is 7.05 Å². The van der Waals surface area contributed by atoms with Crippen LogP contribution < -0.4 is 10.6 Å². The fourth-order valence-corrected chi connectivity index (χ4v) is 3.73. The summed E-state index contributed by atoms with van der Waals surface area (Å²) in [5.74, 6) is 0.902. The number of hydrogen-bond donors (Lipinski definition) is 2. The first kappa shape index (κ1) is 20.7. The maximum atomic E-state index is 4.40. The van der Waals surface area contributed by atoms with Crippen molar-refractivity contribution < 1.29 is 0 Å². The second kappa shape index (κ2) is 11.9. The second-order valence-electron chi connectivity index (χ2n) is 6.93.